The van der Waals surface area contributed by atoms with Crippen LogP contribution in [0, 0.1) is 0 Å². The summed E-state index contributed by atoms with van der Waals surface area (Å²) >= 11 is 0. The van der Waals surface area contributed by atoms with Crippen LogP contribution < -0.4 is 5.43 Å². The van der Waals surface area contributed by atoms with Crippen LogP contribution in [-0.2, 0) is 9.53 Å². The van der Waals surface area contributed by atoms with Gasteiger partial charge in [-0.05, 0) is 12.5 Å². The van der Waals surface area contributed by atoms with Gasteiger partial charge in [-0.3, -0.25) is 9.69 Å². The summed E-state index contributed by atoms with van der Waals surface area (Å²) in [4.78, 5) is 13.8. The number of morpholine rings is 1. The monoisotopic (exact) mass is 261 g/mol. The van der Waals surface area contributed by atoms with Gasteiger partial charge in [0.25, 0.3) is 5.91 Å². The van der Waals surface area contributed by atoms with E-state index in [0.29, 0.717) is 19.8 Å². The van der Waals surface area contributed by atoms with Gasteiger partial charge in [-0.25, -0.2) is 5.43 Å². The van der Waals surface area contributed by atoms with Crippen molar-refractivity contribution in [2.24, 2.45) is 5.10 Å². The molecule has 5 heteroatoms. The highest BCUT2D eigenvalue weighted by Crippen LogP contribution is 2.00. The Kier molecular flexibility index (Phi) is 5.06. The van der Waals surface area contributed by atoms with Crippen molar-refractivity contribution in [2.45, 2.75) is 6.92 Å². The number of rotatable bonds is 4. The molecule has 1 aliphatic heterocycles. The van der Waals surface area contributed by atoms with E-state index in [0.717, 1.165) is 24.4 Å². The van der Waals surface area contributed by atoms with E-state index in [9.17, 15) is 4.79 Å². The largest absolute Gasteiger partial charge is 0.379 e. The maximum Gasteiger partial charge on any atom is 0.254 e. The zero-order chi connectivity index (χ0) is 13.5. The first kappa shape index (κ1) is 13.7. The lowest BCUT2D eigenvalue weighted by atomic mass is 10.1. The lowest BCUT2D eigenvalue weighted by Crippen LogP contribution is -2.42. The molecule has 1 heterocycles. The lowest BCUT2D eigenvalue weighted by molar-refractivity contribution is -0.123. The fourth-order valence-electron chi connectivity index (χ4n) is 1.89. The zero-order valence-electron chi connectivity index (χ0n) is 11.1. The minimum atomic E-state index is -0.0859. The molecule has 102 valence electrons. The first-order chi connectivity index (χ1) is 9.25. The van der Waals surface area contributed by atoms with E-state index in [1.54, 1.807) is 0 Å². The van der Waals surface area contributed by atoms with Crippen molar-refractivity contribution in [3.8, 4) is 0 Å². The van der Waals surface area contributed by atoms with E-state index >= 15 is 0 Å². The van der Waals surface area contributed by atoms with Gasteiger partial charge in [0.1, 0.15) is 0 Å². The minimum absolute atomic E-state index is 0.0859. The fourth-order valence-corrected chi connectivity index (χ4v) is 1.89. The van der Waals surface area contributed by atoms with Crippen molar-refractivity contribution in [1.29, 1.82) is 0 Å². The van der Waals surface area contributed by atoms with Crippen LogP contribution in [0.2, 0.25) is 0 Å². The van der Waals surface area contributed by atoms with Crippen LogP contribution in [0.15, 0.2) is 35.4 Å². The first-order valence-electron chi connectivity index (χ1n) is 6.44. The second kappa shape index (κ2) is 7.01. The molecule has 0 spiro atoms. The highest BCUT2D eigenvalue weighted by atomic mass is 16.5. The molecule has 5 nitrogen and oxygen atoms in total. The second-order valence-electron chi connectivity index (χ2n) is 4.49. The average molecular weight is 261 g/mol. The van der Waals surface area contributed by atoms with Gasteiger partial charge in [-0.15, -0.1) is 0 Å². The summed E-state index contributed by atoms with van der Waals surface area (Å²) in [7, 11) is 0. The Morgan fingerprint density at radius 3 is 2.68 bits per heavy atom. The SMILES string of the molecule is C/C(=N\NC(=O)CN1CCOCC1)c1ccccc1. The zero-order valence-corrected chi connectivity index (χ0v) is 11.1. The molecule has 1 saturated heterocycles. The van der Waals surface area contributed by atoms with Gasteiger partial charge in [-0.1, -0.05) is 30.3 Å². The van der Waals surface area contributed by atoms with Gasteiger partial charge in [-0.2, -0.15) is 5.10 Å². The Hall–Kier alpha value is -1.72. The van der Waals surface area contributed by atoms with Gasteiger partial charge in [0, 0.05) is 13.1 Å². The minimum Gasteiger partial charge on any atom is -0.379 e. The molecule has 1 aromatic rings. The molecule has 0 atom stereocenters. The molecular weight excluding hydrogens is 242 g/mol. The Morgan fingerprint density at radius 1 is 1.32 bits per heavy atom. The molecule has 0 bridgehead atoms. The second-order valence-corrected chi connectivity index (χ2v) is 4.49. The maximum atomic E-state index is 11.7. The third kappa shape index (κ3) is 4.46. The molecule has 0 saturated carbocycles. The van der Waals surface area contributed by atoms with Crippen LogP contribution in [-0.4, -0.2) is 49.4 Å². The predicted octanol–water partition coefficient (Wildman–Crippen LogP) is 0.859. The molecule has 0 aromatic heterocycles. The van der Waals surface area contributed by atoms with Crippen LogP contribution in [0.25, 0.3) is 0 Å². The number of hydrogen-bond donors (Lipinski definition) is 1. The van der Waals surface area contributed by atoms with Crippen molar-refractivity contribution < 1.29 is 9.53 Å². The Morgan fingerprint density at radius 2 is 2.00 bits per heavy atom. The van der Waals surface area contributed by atoms with E-state index in [1.807, 2.05) is 37.3 Å². The van der Waals surface area contributed by atoms with Crippen molar-refractivity contribution in [1.82, 2.24) is 10.3 Å². The summed E-state index contributed by atoms with van der Waals surface area (Å²) in [5.41, 5.74) is 4.41. The first-order valence-corrected chi connectivity index (χ1v) is 6.44. The molecule has 1 aliphatic rings. The quantitative estimate of drug-likeness (QED) is 0.646. The molecule has 2 rings (SSSR count). The van der Waals surface area contributed by atoms with Crippen molar-refractivity contribution in [2.75, 3.05) is 32.8 Å². The van der Waals surface area contributed by atoms with Gasteiger partial charge in [0.05, 0.1) is 25.5 Å². The number of hydrogen-bond acceptors (Lipinski definition) is 4. The lowest BCUT2D eigenvalue weighted by Gasteiger charge is -2.25. The molecule has 19 heavy (non-hydrogen) atoms. The molecule has 1 N–H and O–H groups in total. The number of benzene rings is 1. The number of ether oxygens (including phenoxy) is 1. The summed E-state index contributed by atoms with van der Waals surface area (Å²) in [6, 6.07) is 9.78. The topological polar surface area (TPSA) is 53.9 Å². The fraction of sp³-hybridized carbons (Fsp3) is 0.429. The summed E-state index contributed by atoms with van der Waals surface area (Å²) in [6.45, 7) is 5.24. The summed E-state index contributed by atoms with van der Waals surface area (Å²) in [5, 5.41) is 4.12. The standard InChI is InChI=1S/C14H19N3O2/c1-12(13-5-3-2-4-6-13)15-16-14(18)11-17-7-9-19-10-8-17/h2-6H,7-11H2,1H3,(H,16,18)/b15-12+. The molecule has 0 aliphatic carbocycles. The Balaban J connectivity index is 1.82. The number of nitrogens with one attached hydrogen (secondary N) is 1. The van der Waals surface area contributed by atoms with E-state index in [2.05, 4.69) is 15.4 Å². The third-order valence-corrected chi connectivity index (χ3v) is 3.01. The van der Waals surface area contributed by atoms with Crippen LogP contribution in [0.5, 0.6) is 0 Å². The number of nitrogens with zero attached hydrogens (tertiary/aromatic N) is 2. The number of amides is 1. The molecule has 1 aromatic carbocycles. The molecule has 0 unspecified atom stereocenters. The summed E-state index contributed by atoms with van der Waals surface area (Å²) in [6.07, 6.45) is 0. The number of hydrazone groups is 1. The third-order valence-electron chi connectivity index (χ3n) is 3.01. The van der Waals surface area contributed by atoms with Crippen LogP contribution in [0.3, 0.4) is 0 Å². The van der Waals surface area contributed by atoms with Crippen molar-refractivity contribution >= 4 is 11.6 Å². The predicted molar refractivity (Wildman–Crippen MR) is 74.1 cm³/mol. The molecule has 1 fully saturated rings. The van der Waals surface area contributed by atoms with E-state index in [-0.39, 0.29) is 5.91 Å². The van der Waals surface area contributed by atoms with Crippen LogP contribution >= 0.6 is 0 Å². The molecule has 0 radical (unpaired) electrons. The summed E-state index contributed by atoms with van der Waals surface area (Å²) in [5.74, 6) is -0.0859. The van der Waals surface area contributed by atoms with Gasteiger partial charge >= 0.3 is 0 Å². The number of carbonyl (C=O) groups is 1. The molecular formula is C14H19N3O2. The highest BCUT2D eigenvalue weighted by molar-refractivity contribution is 5.99. The maximum absolute atomic E-state index is 11.7. The van der Waals surface area contributed by atoms with Gasteiger partial charge in [0.2, 0.25) is 0 Å². The van der Waals surface area contributed by atoms with Crippen LogP contribution in [0.1, 0.15) is 12.5 Å². The Bertz CT molecular complexity index is 439. The van der Waals surface area contributed by atoms with E-state index in [1.165, 1.54) is 0 Å². The van der Waals surface area contributed by atoms with Crippen molar-refractivity contribution in [3.63, 3.8) is 0 Å². The van der Waals surface area contributed by atoms with E-state index < -0.39 is 0 Å². The number of carbonyl (C=O) groups excluding carboxylic acids is 1. The molecule has 1 amide bonds. The normalized spacial score (nSPS) is 17.2. The van der Waals surface area contributed by atoms with E-state index in [4.69, 9.17) is 4.74 Å². The van der Waals surface area contributed by atoms with Gasteiger partial charge in [0.15, 0.2) is 0 Å². The van der Waals surface area contributed by atoms with Crippen LogP contribution in [0.4, 0.5) is 0 Å². The van der Waals surface area contributed by atoms with Gasteiger partial charge < -0.3 is 4.74 Å². The van der Waals surface area contributed by atoms with Crippen molar-refractivity contribution in [3.05, 3.63) is 35.9 Å². The average Bonchev–Trinajstić information content (AvgIpc) is 2.47. The Labute approximate surface area is 113 Å². The summed E-state index contributed by atoms with van der Waals surface area (Å²) < 4.78 is 5.24. The highest BCUT2D eigenvalue weighted by Gasteiger charge is 2.13. The smallest absolute Gasteiger partial charge is 0.254 e.